The van der Waals surface area contributed by atoms with Crippen LogP contribution in [-0.2, 0) is 16.0 Å². The number of hydrogen-bond acceptors (Lipinski definition) is 6. The lowest BCUT2D eigenvalue weighted by molar-refractivity contribution is 0.127. The minimum absolute atomic E-state index is 0.333. The number of methoxy groups -OCH3 is 2. The van der Waals surface area contributed by atoms with Crippen LogP contribution in [0.25, 0.3) is 0 Å². The summed E-state index contributed by atoms with van der Waals surface area (Å²) in [5.74, 6) is 0.926. The normalized spacial score (nSPS) is 14.3. The summed E-state index contributed by atoms with van der Waals surface area (Å²) in [6, 6.07) is 3.48. The van der Waals surface area contributed by atoms with Crippen molar-refractivity contribution < 1.29 is 9.47 Å². The number of nitrogens with two attached hydrogens (primary N) is 1. The molecular weight excluding hydrogens is 303 g/mol. The maximum absolute atomic E-state index is 6.02. The first kappa shape index (κ1) is 14.6. The zero-order chi connectivity index (χ0) is 14.7. The highest BCUT2D eigenvalue weighted by Gasteiger charge is 2.16. The van der Waals surface area contributed by atoms with E-state index >= 15 is 0 Å². The molecule has 0 radical (unpaired) electrons. The molecule has 0 spiro atoms. The number of hydrazone groups is 1. The van der Waals surface area contributed by atoms with Crippen LogP contribution < -0.4 is 11.2 Å². The summed E-state index contributed by atoms with van der Waals surface area (Å²) in [7, 11) is 3.07. The molecule has 1 aromatic carbocycles. The maximum Gasteiger partial charge on any atom is 0.237 e. The number of anilines is 1. The Morgan fingerprint density at radius 3 is 2.70 bits per heavy atom. The lowest BCUT2D eigenvalue weighted by Gasteiger charge is -2.26. The van der Waals surface area contributed by atoms with Crippen LogP contribution in [0.4, 0.5) is 5.69 Å². The van der Waals surface area contributed by atoms with Crippen molar-refractivity contribution in [1.82, 2.24) is 10.5 Å². The Balaban J connectivity index is 2.21. The Morgan fingerprint density at radius 2 is 2.05 bits per heavy atom. The third-order valence-electron chi connectivity index (χ3n) is 2.69. The highest BCUT2D eigenvalue weighted by molar-refractivity contribution is 6.43. The Bertz CT molecular complexity index is 575. The van der Waals surface area contributed by atoms with Crippen LogP contribution >= 0.6 is 23.2 Å². The van der Waals surface area contributed by atoms with Crippen molar-refractivity contribution in [2.75, 3.05) is 20.0 Å². The standard InChI is InChI=1S/C12H14Cl2N4O2/c1-19-9-5-10(20-2)17-18(16-9)6-7-3-4-8(13)11(14)12(7)15/h3-5,16H,6,15H2,1-2H3. The summed E-state index contributed by atoms with van der Waals surface area (Å²) in [6.07, 6.45) is 1.63. The van der Waals surface area contributed by atoms with Gasteiger partial charge in [-0.3, -0.25) is 5.43 Å². The average Bonchev–Trinajstić information content (AvgIpc) is 2.47. The molecule has 0 saturated carbocycles. The molecule has 0 amide bonds. The quantitative estimate of drug-likeness (QED) is 0.837. The first-order valence-corrected chi connectivity index (χ1v) is 6.45. The van der Waals surface area contributed by atoms with E-state index in [0.29, 0.717) is 34.1 Å². The third-order valence-corrected chi connectivity index (χ3v) is 3.50. The molecule has 0 aromatic heterocycles. The van der Waals surface area contributed by atoms with Crippen LogP contribution in [0.1, 0.15) is 5.56 Å². The van der Waals surface area contributed by atoms with E-state index < -0.39 is 0 Å². The van der Waals surface area contributed by atoms with E-state index in [9.17, 15) is 0 Å². The smallest absolute Gasteiger partial charge is 0.237 e. The molecule has 8 heteroatoms. The van der Waals surface area contributed by atoms with E-state index in [1.807, 2.05) is 0 Å². The van der Waals surface area contributed by atoms with Crippen LogP contribution in [0.5, 0.6) is 0 Å². The summed E-state index contributed by atoms with van der Waals surface area (Å²) in [4.78, 5) is 0. The number of hydrazine groups is 1. The van der Waals surface area contributed by atoms with Gasteiger partial charge in [-0.2, -0.15) is 5.12 Å². The van der Waals surface area contributed by atoms with Crippen molar-refractivity contribution in [1.29, 1.82) is 0 Å². The minimum atomic E-state index is 0.333. The second kappa shape index (κ2) is 6.11. The molecule has 0 unspecified atom stereocenters. The Hall–Kier alpha value is -1.79. The number of nitrogen functional groups attached to an aromatic ring is 1. The minimum Gasteiger partial charge on any atom is -0.481 e. The van der Waals surface area contributed by atoms with Gasteiger partial charge in [0.2, 0.25) is 11.8 Å². The molecule has 6 nitrogen and oxygen atoms in total. The van der Waals surface area contributed by atoms with E-state index in [2.05, 4.69) is 10.5 Å². The first-order chi connectivity index (χ1) is 9.55. The number of nitrogens with zero attached hydrogens (tertiary/aromatic N) is 2. The van der Waals surface area contributed by atoms with Crippen LogP contribution in [-0.4, -0.2) is 25.2 Å². The molecule has 0 aliphatic carbocycles. The van der Waals surface area contributed by atoms with Gasteiger partial charge in [0, 0.05) is 0 Å². The van der Waals surface area contributed by atoms with Gasteiger partial charge in [0.05, 0.1) is 42.6 Å². The van der Waals surface area contributed by atoms with Gasteiger partial charge in [-0.15, -0.1) is 5.10 Å². The molecular formula is C12H14Cl2N4O2. The van der Waals surface area contributed by atoms with Crippen molar-refractivity contribution in [2.24, 2.45) is 5.10 Å². The van der Waals surface area contributed by atoms with Crippen LogP contribution in [0.15, 0.2) is 29.2 Å². The zero-order valence-electron chi connectivity index (χ0n) is 11.0. The van der Waals surface area contributed by atoms with E-state index in [0.717, 1.165) is 5.56 Å². The Morgan fingerprint density at radius 1 is 1.30 bits per heavy atom. The average molecular weight is 317 g/mol. The van der Waals surface area contributed by atoms with Crippen molar-refractivity contribution in [3.05, 3.63) is 39.7 Å². The third kappa shape index (κ3) is 3.02. The van der Waals surface area contributed by atoms with Crippen LogP contribution in [0, 0.1) is 0 Å². The van der Waals surface area contributed by atoms with E-state index in [1.54, 1.807) is 25.3 Å². The van der Waals surface area contributed by atoms with Gasteiger partial charge in [-0.25, -0.2) is 0 Å². The number of hydrogen-bond donors (Lipinski definition) is 2. The second-order valence-corrected chi connectivity index (χ2v) is 4.74. The second-order valence-electron chi connectivity index (χ2n) is 3.96. The molecule has 20 heavy (non-hydrogen) atoms. The molecule has 0 bridgehead atoms. The highest BCUT2D eigenvalue weighted by Crippen LogP contribution is 2.31. The largest absolute Gasteiger partial charge is 0.481 e. The fourth-order valence-corrected chi connectivity index (χ4v) is 1.98. The first-order valence-electron chi connectivity index (χ1n) is 5.70. The van der Waals surface area contributed by atoms with Gasteiger partial charge in [0.15, 0.2) is 0 Å². The van der Waals surface area contributed by atoms with Crippen molar-refractivity contribution in [3.63, 3.8) is 0 Å². The lowest BCUT2D eigenvalue weighted by Crippen LogP contribution is -2.37. The molecule has 3 N–H and O–H groups in total. The summed E-state index contributed by atoms with van der Waals surface area (Å²) in [6.45, 7) is 0.371. The summed E-state index contributed by atoms with van der Waals surface area (Å²) in [5, 5.41) is 6.50. The van der Waals surface area contributed by atoms with Gasteiger partial charge >= 0.3 is 0 Å². The highest BCUT2D eigenvalue weighted by atomic mass is 35.5. The number of nitrogens with one attached hydrogen (secondary N) is 1. The molecule has 0 saturated heterocycles. The van der Waals surface area contributed by atoms with Gasteiger partial charge in [-0.1, -0.05) is 29.3 Å². The molecule has 0 fully saturated rings. The van der Waals surface area contributed by atoms with Gasteiger partial charge in [-0.05, 0) is 11.6 Å². The number of ether oxygens (including phenoxy) is 2. The summed E-state index contributed by atoms with van der Waals surface area (Å²) < 4.78 is 10.2. The molecule has 1 aromatic rings. The van der Waals surface area contributed by atoms with Gasteiger partial charge < -0.3 is 15.2 Å². The molecule has 108 valence electrons. The van der Waals surface area contributed by atoms with Crippen LogP contribution in [0.3, 0.4) is 0 Å². The van der Waals surface area contributed by atoms with E-state index in [-0.39, 0.29) is 0 Å². The lowest BCUT2D eigenvalue weighted by atomic mass is 10.2. The monoisotopic (exact) mass is 316 g/mol. The van der Waals surface area contributed by atoms with Gasteiger partial charge in [0.25, 0.3) is 0 Å². The van der Waals surface area contributed by atoms with Gasteiger partial charge in [0.1, 0.15) is 0 Å². The molecule has 1 aliphatic heterocycles. The number of halogens is 2. The fourth-order valence-electron chi connectivity index (χ4n) is 1.63. The number of benzene rings is 1. The Labute approximate surface area is 126 Å². The van der Waals surface area contributed by atoms with Crippen molar-refractivity contribution in [2.45, 2.75) is 6.54 Å². The topological polar surface area (TPSA) is 72.1 Å². The maximum atomic E-state index is 6.02. The summed E-state index contributed by atoms with van der Waals surface area (Å²) in [5.41, 5.74) is 10.1. The predicted octanol–water partition coefficient (Wildman–Crippen LogP) is 2.34. The van der Waals surface area contributed by atoms with E-state index in [4.69, 9.17) is 38.4 Å². The summed E-state index contributed by atoms with van der Waals surface area (Å²) >= 11 is 11.9. The van der Waals surface area contributed by atoms with E-state index in [1.165, 1.54) is 12.2 Å². The molecule has 2 rings (SSSR count). The molecule has 1 heterocycles. The zero-order valence-corrected chi connectivity index (χ0v) is 12.5. The Kier molecular flexibility index (Phi) is 4.46. The fraction of sp³-hybridized carbons (Fsp3) is 0.250. The molecule has 1 aliphatic rings. The SMILES string of the molecule is COC1=CC(OC)=NN(Cc2ccc(Cl)c(Cl)c2N)N1. The predicted molar refractivity (Wildman–Crippen MR) is 79.1 cm³/mol. The van der Waals surface area contributed by atoms with Crippen molar-refractivity contribution >= 4 is 34.8 Å². The number of rotatable bonds is 3. The van der Waals surface area contributed by atoms with Crippen LogP contribution in [0.2, 0.25) is 10.0 Å². The molecule has 0 atom stereocenters. The van der Waals surface area contributed by atoms with Crippen molar-refractivity contribution in [3.8, 4) is 0 Å².